The van der Waals surface area contributed by atoms with Gasteiger partial charge in [-0.1, -0.05) is 0 Å². The number of nitrogens with two attached hydrogens (primary N) is 1. The van der Waals surface area contributed by atoms with Gasteiger partial charge in [-0.25, -0.2) is 19.9 Å². The molecule has 9 heteroatoms. The molecule has 1 saturated heterocycles. The summed E-state index contributed by atoms with van der Waals surface area (Å²) in [5.41, 5.74) is 6.18. The van der Waals surface area contributed by atoms with Crippen molar-refractivity contribution in [3.8, 4) is 17.4 Å². The van der Waals surface area contributed by atoms with Gasteiger partial charge in [-0.3, -0.25) is 4.90 Å². The van der Waals surface area contributed by atoms with Crippen LogP contribution < -0.4 is 10.5 Å². The van der Waals surface area contributed by atoms with Gasteiger partial charge in [0, 0.05) is 32.0 Å². The summed E-state index contributed by atoms with van der Waals surface area (Å²) in [6.45, 7) is 4.80. The fourth-order valence-corrected chi connectivity index (χ4v) is 2.05. The highest BCUT2D eigenvalue weighted by molar-refractivity contribution is 5.52. The molecule has 1 fully saturated rings. The molecule has 116 valence electrons. The van der Waals surface area contributed by atoms with Crippen LogP contribution in [0.15, 0.2) is 18.7 Å². The van der Waals surface area contributed by atoms with Crippen molar-refractivity contribution >= 4 is 5.95 Å². The Morgan fingerprint density at radius 1 is 1.14 bits per heavy atom. The van der Waals surface area contributed by atoms with Gasteiger partial charge in [0.1, 0.15) is 12.9 Å². The van der Waals surface area contributed by atoms with E-state index in [0.717, 1.165) is 32.8 Å². The number of hydrogen-bond donors (Lipinski definition) is 1. The minimum absolute atomic E-state index is 0.163. The Labute approximate surface area is 127 Å². The molecule has 0 saturated carbocycles. The lowest BCUT2D eigenvalue weighted by Gasteiger charge is -2.26. The molecule has 0 aromatic carbocycles. The highest BCUT2D eigenvalue weighted by Gasteiger charge is 2.10. The lowest BCUT2D eigenvalue weighted by molar-refractivity contribution is 0.0317. The first kappa shape index (κ1) is 14.5. The summed E-state index contributed by atoms with van der Waals surface area (Å²) in [7, 11) is 0. The predicted molar refractivity (Wildman–Crippen MR) is 78.0 cm³/mol. The molecule has 0 unspecified atom stereocenters. The van der Waals surface area contributed by atoms with Crippen molar-refractivity contribution in [1.29, 1.82) is 0 Å². The van der Waals surface area contributed by atoms with Crippen molar-refractivity contribution in [3.05, 3.63) is 18.7 Å². The number of ether oxygens (including phenoxy) is 2. The fourth-order valence-electron chi connectivity index (χ4n) is 2.05. The van der Waals surface area contributed by atoms with E-state index in [9.17, 15) is 0 Å². The highest BCUT2D eigenvalue weighted by atomic mass is 16.5. The zero-order valence-electron chi connectivity index (χ0n) is 12.1. The van der Waals surface area contributed by atoms with E-state index in [1.54, 1.807) is 12.4 Å². The summed E-state index contributed by atoms with van der Waals surface area (Å²) in [5, 5.41) is 0. The molecule has 1 aliphatic rings. The van der Waals surface area contributed by atoms with Gasteiger partial charge in [-0.2, -0.15) is 4.98 Å². The van der Waals surface area contributed by atoms with Gasteiger partial charge in [0.05, 0.1) is 18.8 Å². The smallest absolute Gasteiger partial charge is 0.316 e. The topological polar surface area (TPSA) is 112 Å². The molecule has 0 amide bonds. The zero-order valence-corrected chi connectivity index (χ0v) is 12.1. The molecular formula is C13H17N7O2. The van der Waals surface area contributed by atoms with Gasteiger partial charge in [-0.05, 0) is 0 Å². The maximum Gasteiger partial charge on any atom is 0.316 e. The quantitative estimate of drug-likeness (QED) is 0.789. The standard InChI is InChI=1S/C13H17N7O2/c14-12-18-9-17-11(19-12)10-7-15-13(16-8-10)22-6-3-20-1-4-21-5-2-20/h7-9H,1-6H2,(H2,14,17,18,19). The van der Waals surface area contributed by atoms with Crippen molar-refractivity contribution in [2.75, 3.05) is 45.2 Å². The molecule has 2 aromatic heterocycles. The maximum atomic E-state index is 5.54. The summed E-state index contributed by atoms with van der Waals surface area (Å²) >= 11 is 0. The second-order valence-corrected chi connectivity index (χ2v) is 4.72. The second-order valence-electron chi connectivity index (χ2n) is 4.72. The summed E-state index contributed by atoms with van der Waals surface area (Å²) in [4.78, 5) is 22.4. The predicted octanol–water partition coefficient (Wildman–Crippen LogP) is -0.378. The largest absolute Gasteiger partial charge is 0.462 e. The van der Waals surface area contributed by atoms with Crippen LogP contribution in [-0.4, -0.2) is 69.3 Å². The lowest BCUT2D eigenvalue weighted by Crippen LogP contribution is -2.38. The molecule has 9 nitrogen and oxygen atoms in total. The minimum atomic E-state index is 0.163. The van der Waals surface area contributed by atoms with Crippen LogP contribution in [0.5, 0.6) is 6.01 Å². The van der Waals surface area contributed by atoms with Crippen molar-refractivity contribution in [1.82, 2.24) is 29.8 Å². The molecule has 0 radical (unpaired) electrons. The summed E-state index contributed by atoms with van der Waals surface area (Å²) in [5.74, 6) is 0.600. The SMILES string of the molecule is Nc1ncnc(-c2cnc(OCCN3CCOCC3)nc2)n1. The first-order valence-electron chi connectivity index (χ1n) is 7.01. The van der Waals surface area contributed by atoms with Crippen LogP contribution in [0.3, 0.4) is 0 Å². The minimum Gasteiger partial charge on any atom is -0.462 e. The average Bonchev–Trinajstić information content (AvgIpc) is 2.56. The third-order valence-electron chi connectivity index (χ3n) is 3.22. The van der Waals surface area contributed by atoms with Crippen LogP contribution >= 0.6 is 0 Å². The van der Waals surface area contributed by atoms with Crippen molar-refractivity contribution in [3.63, 3.8) is 0 Å². The number of hydrogen-bond acceptors (Lipinski definition) is 9. The molecule has 1 aliphatic heterocycles. The van der Waals surface area contributed by atoms with Gasteiger partial charge < -0.3 is 15.2 Å². The Hall–Kier alpha value is -2.39. The van der Waals surface area contributed by atoms with Crippen molar-refractivity contribution < 1.29 is 9.47 Å². The van der Waals surface area contributed by atoms with Crippen LogP contribution in [0, 0.1) is 0 Å². The normalized spacial score (nSPS) is 15.6. The number of anilines is 1. The zero-order chi connectivity index (χ0) is 15.2. The van der Waals surface area contributed by atoms with E-state index in [2.05, 4.69) is 29.8 Å². The van der Waals surface area contributed by atoms with Crippen LogP contribution in [0.4, 0.5) is 5.95 Å². The Balaban J connectivity index is 1.53. The highest BCUT2D eigenvalue weighted by Crippen LogP contribution is 2.13. The van der Waals surface area contributed by atoms with Crippen LogP contribution in [0.25, 0.3) is 11.4 Å². The van der Waals surface area contributed by atoms with Crippen molar-refractivity contribution in [2.45, 2.75) is 0 Å². The molecule has 22 heavy (non-hydrogen) atoms. The van der Waals surface area contributed by atoms with Crippen LogP contribution in [0.1, 0.15) is 0 Å². The Bertz CT molecular complexity index is 602. The second kappa shape index (κ2) is 7.05. The van der Waals surface area contributed by atoms with E-state index in [1.807, 2.05) is 0 Å². The number of morpholine rings is 1. The van der Waals surface area contributed by atoms with Gasteiger partial charge in [0.2, 0.25) is 5.95 Å². The summed E-state index contributed by atoms with van der Waals surface area (Å²) < 4.78 is 10.8. The molecule has 3 rings (SSSR count). The monoisotopic (exact) mass is 303 g/mol. The van der Waals surface area contributed by atoms with Crippen molar-refractivity contribution in [2.24, 2.45) is 0 Å². The molecule has 2 aromatic rings. The van der Waals surface area contributed by atoms with E-state index in [4.69, 9.17) is 15.2 Å². The van der Waals surface area contributed by atoms with E-state index >= 15 is 0 Å². The van der Waals surface area contributed by atoms with Gasteiger partial charge in [-0.15, -0.1) is 0 Å². The van der Waals surface area contributed by atoms with Gasteiger partial charge in [0.15, 0.2) is 5.82 Å². The summed E-state index contributed by atoms with van der Waals surface area (Å²) in [6, 6.07) is 0.332. The van der Waals surface area contributed by atoms with E-state index in [0.29, 0.717) is 24.0 Å². The fraction of sp³-hybridized carbons (Fsp3) is 0.462. The van der Waals surface area contributed by atoms with Crippen LogP contribution in [0.2, 0.25) is 0 Å². The third kappa shape index (κ3) is 3.83. The summed E-state index contributed by atoms with van der Waals surface area (Å²) in [6.07, 6.45) is 4.56. The number of aromatic nitrogens is 5. The Morgan fingerprint density at radius 3 is 2.64 bits per heavy atom. The Kier molecular flexibility index (Phi) is 4.66. The number of nitrogens with zero attached hydrogens (tertiary/aromatic N) is 6. The first-order valence-corrected chi connectivity index (χ1v) is 7.01. The third-order valence-corrected chi connectivity index (χ3v) is 3.22. The number of rotatable bonds is 5. The van der Waals surface area contributed by atoms with E-state index < -0.39 is 0 Å². The Morgan fingerprint density at radius 2 is 1.91 bits per heavy atom. The van der Waals surface area contributed by atoms with Gasteiger partial charge in [0.25, 0.3) is 0 Å². The molecule has 0 bridgehead atoms. The molecule has 0 aliphatic carbocycles. The van der Waals surface area contributed by atoms with E-state index in [-0.39, 0.29) is 5.95 Å². The molecule has 3 heterocycles. The number of nitrogen functional groups attached to an aromatic ring is 1. The molecule has 2 N–H and O–H groups in total. The molecular weight excluding hydrogens is 286 g/mol. The van der Waals surface area contributed by atoms with Crippen LogP contribution in [-0.2, 0) is 4.74 Å². The maximum absolute atomic E-state index is 5.54. The average molecular weight is 303 g/mol. The lowest BCUT2D eigenvalue weighted by atomic mass is 10.3. The first-order chi connectivity index (χ1) is 10.8. The molecule has 0 spiro atoms. The molecule has 0 atom stereocenters. The van der Waals surface area contributed by atoms with E-state index in [1.165, 1.54) is 6.33 Å². The van der Waals surface area contributed by atoms with Gasteiger partial charge >= 0.3 is 6.01 Å².